The number of carbonyl (C=O) groups is 1. The van der Waals surface area contributed by atoms with Crippen LogP contribution in [0.2, 0.25) is 5.02 Å². The van der Waals surface area contributed by atoms with Crippen molar-refractivity contribution in [1.82, 2.24) is 9.97 Å². The molecule has 1 aliphatic heterocycles. The summed E-state index contributed by atoms with van der Waals surface area (Å²) in [6.45, 7) is 2.54. The average Bonchev–Trinajstić information content (AvgIpc) is 3.05. The van der Waals surface area contributed by atoms with Crippen LogP contribution < -0.4 is 10.2 Å². The van der Waals surface area contributed by atoms with Crippen LogP contribution >= 0.6 is 22.9 Å². The Hall–Kier alpha value is -2.44. The third kappa shape index (κ3) is 3.43. The summed E-state index contributed by atoms with van der Waals surface area (Å²) < 4.78 is 0. The lowest BCUT2D eigenvalue weighted by Crippen LogP contribution is -2.39. The highest BCUT2D eigenvalue weighted by atomic mass is 35.5. The molecule has 3 heterocycles. The number of fused-ring (bicyclic) bond motifs is 1. The number of pyridine rings is 1. The van der Waals surface area contributed by atoms with Gasteiger partial charge in [-0.3, -0.25) is 10.2 Å². The van der Waals surface area contributed by atoms with Crippen LogP contribution in [0.25, 0.3) is 11.3 Å². The predicted molar refractivity (Wildman–Crippen MR) is 106 cm³/mol. The van der Waals surface area contributed by atoms with Gasteiger partial charge in [0, 0.05) is 22.5 Å². The first-order valence-electron chi connectivity index (χ1n) is 8.37. The fourth-order valence-electron chi connectivity index (χ4n) is 3.02. The monoisotopic (exact) mass is 384 g/mol. The number of thiazole rings is 1. The van der Waals surface area contributed by atoms with Crippen molar-refractivity contribution in [2.75, 3.05) is 16.8 Å². The zero-order valence-electron chi connectivity index (χ0n) is 14.2. The topological polar surface area (TPSA) is 58.1 Å². The van der Waals surface area contributed by atoms with E-state index in [-0.39, 0.29) is 6.03 Å². The molecule has 0 spiro atoms. The van der Waals surface area contributed by atoms with Gasteiger partial charge in [-0.2, -0.15) is 0 Å². The molecule has 0 saturated heterocycles. The molecule has 132 valence electrons. The van der Waals surface area contributed by atoms with Crippen LogP contribution in [0, 0.1) is 6.92 Å². The van der Waals surface area contributed by atoms with Gasteiger partial charge >= 0.3 is 6.03 Å². The Bertz CT molecular complexity index is 972. The molecule has 0 unspecified atom stereocenters. The molecule has 4 rings (SSSR count). The van der Waals surface area contributed by atoms with Gasteiger partial charge in [0.15, 0.2) is 5.13 Å². The lowest BCUT2D eigenvalue weighted by Gasteiger charge is -2.28. The van der Waals surface area contributed by atoms with E-state index in [1.165, 1.54) is 11.3 Å². The zero-order chi connectivity index (χ0) is 18.1. The van der Waals surface area contributed by atoms with E-state index < -0.39 is 0 Å². The summed E-state index contributed by atoms with van der Waals surface area (Å²) >= 11 is 7.52. The fourth-order valence-corrected chi connectivity index (χ4v) is 3.88. The first kappa shape index (κ1) is 17.0. The minimum Gasteiger partial charge on any atom is -0.283 e. The Balaban J connectivity index is 1.66. The third-order valence-electron chi connectivity index (χ3n) is 4.24. The van der Waals surface area contributed by atoms with Gasteiger partial charge in [-0.25, -0.2) is 14.8 Å². The molecule has 5 nitrogen and oxygen atoms in total. The second-order valence-electron chi connectivity index (χ2n) is 6.17. The number of nitrogens with one attached hydrogen (secondary N) is 1. The summed E-state index contributed by atoms with van der Waals surface area (Å²) in [6, 6.07) is 11.4. The molecule has 0 fully saturated rings. The first-order chi connectivity index (χ1) is 12.6. The Labute approximate surface area is 160 Å². The minimum absolute atomic E-state index is 0.198. The number of carbonyl (C=O) groups excluding carboxylic acids is 1. The molecule has 0 radical (unpaired) electrons. The molecule has 2 aromatic heterocycles. The summed E-state index contributed by atoms with van der Waals surface area (Å²) in [4.78, 5) is 23.5. The number of benzene rings is 1. The number of hydrogen-bond donors (Lipinski definition) is 1. The van der Waals surface area contributed by atoms with Crippen LogP contribution in [0.1, 0.15) is 17.7 Å². The number of aryl methyl sites for hydroxylation is 2. The molecule has 0 saturated carbocycles. The van der Waals surface area contributed by atoms with Gasteiger partial charge in [0.25, 0.3) is 0 Å². The molecule has 1 aromatic carbocycles. The van der Waals surface area contributed by atoms with E-state index in [0.717, 1.165) is 35.4 Å². The summed E-state index contributed by atoms with van der Waals surface area (Å²) in [5.41, 5.74) is 3.70. The van der Waals surface area contributed by atoms with E-state index in [0.29, 0.717) is 22.5 Å². The molecule has 26 heavy (non-hydrogen) atoms. The van der Waals surface area contributed by atoms with E-state index in [9.17, 15) is 4.79 Å². The Morgan fingerprint density at radius 2 is 2.15 bits per heavy atom. The molecular weight excluding hydrogens is 368 g/mol. The summed E-state index contributed by atoms with van der Waals surface area (Å²) in [7, 11) is 0. The van der Waals surface area contributed by atoms with Crippen LogP contribution in [0.3, 0.4) is 0 Å². The highest BCUT2D eigenvalue weighted by Crippen LogP contribution is 2.30. The molecule has 0 bridgehead atoms. The van der Waals surface area contributed by atoms with Crippen molar-refractivity contribution >= 4 is 39.9 Å². The van der Waals surface area contributed by atoms with E-state index in [4.69, 9.17) is 16.6 Å². The average molecular weight is 385 g/mol. The van der Waals surface area contributed by atoms with Gasteiger partial charge in [-0.05, 0) is 43.5 Å². The Morgan fingerprint density at radius 3 is 2.92 bits per heavy atom. The highest BCUT2D eigenvalue weighted by molar-refractivity contribution is 7.13. The second-order valence-corrected chi connectivity index (χ2v) is 7.46. The van der Waals surface area contributed by atoms with Crippen LogP contribution in [-0.4, -0.2) is 22.5 Å². The predicted octanol–water partition coefficient (Wildman–Crippen LogP) is 5.15. The molecule has 2 amide bonds. The molecule has 0 aliphatic carbocycles. The van der Waals surface area contributed by atoms with Crippen LogP contribution in [-0.2, 0) is 6.42 Å². The summed E-state index contributed by atoms with van der Waals surface area (Å²) in [5.74, 6) is 0.708. The molecule has 1 N–H and O–H groups in total. The van der Waals surface area contributed by atoms with Crippen molar-refractivity contribution in [3.05, 3.63) is 58.1 Å². The minimum atomic E-state index is -0.198. The maximum absolute atomic E-state index is 12.8. The quantitative estimate of drug-likeness (QED) is 0.664. The fraction of sp³-hybridized carbons (Fsp3) is 0.211. The normalized spacial score (nSPS) is 13.4. The van der Waals surface area contributed by atoms with Gasteiger partial charge in [0.2, 0.25) is 0 Å². The van der Waals surface area contributed by atoms with Gasteiger partial charge in [-0.1, -0.05) is 29.8 Å². The number of amides is 2. The first-order valence-corrected chi connectivity index (χ1v) is 9.62. The van der Waals surface area contributed by atoms with Crippen molar-refractivity contribution < 1.29 is 4.79 Å². The summed E-state index contributed by atoms with van der Waals surface area (Å²) in [5, 5.41) is 6.05. The van der Waals surface area contributed by atoms with Gasteiger partial charge in [0.1, 0.15) is 5.82 Å². The van der Waals surface area contributed by atoms with Crippen LogP contribution in [0.4, 0.5) is 15.7 Å². The Morgan fingerprint density at radius 1 is 1.27 bits per heavy atom. The summed E-state index contributed by atoms with van der Waals surface area (Å²) in [6.07, 6.45) is 1.83. The van der Waals surface area contributed by atoms with E-state index >= 15 is 0 Å². The maximum atomic E-state index is 12.8. The molecule has 0 atom stereocenters. The largest absolute Gasteiger partial charge is 0.329 e. The van der Waals surface area contributed by atoms with E-state index in [1.807, 2.05) is 48.7 Å². The smallest absolute Gasteiger partial charge is 0.283 e. The molecule has 1 aliphatic rings. The molecule has 7 heteroatoms. The number of nitrogens with zero attached hydrogens (tertiary/aromatic N) is 3. The number of aromatic nitrogens is 2. The van der Waals surface area contributed by atoms with Gasteiger partial charge in [-0.15, -0.1) is 11.3 Å². The lowest BCUT2D eigenvalue weighted by molar-refractivity contribution is 0.256. The number of anilines is 2. The van der Waals surface area contributed by atoms with Crippen molar-refractivity contribution in [3.63, 3.8) is 0 Å². The van der Waals surface area contributed by atoms with Crippen molar-refractivity contribution in [2.24, 2.45) is 0 Å². The number of rotatable bonds is 2. The zero-order valence-corrected chi connectivity index (χ0v) is 15.8. The van der Waals surface area contributed by atoms with Crippen molar-refractivity contribution in [2.45, 2.75) is 19.8 Å². The molecule has 3 aromatic rings. The number of urea groups is 1. The SMILES string of the molecule is Cc1csc(NC(=O)N2CCCc3ccc(-c4cccc(Cl)c4)nc32)n1. The lowest BCUT2D eigenvalue weighted by atomic mass is 10.0. The van der Waals surface area contributed by atoms with Gasteiger partial charge < -0.3 is 0 Å². The van der Waals surface area contributed by atoms with Crippen LogP contribution in [0.15, 0.2) is 41.8 Å². The van der Waals surface area contributed by atoms with Crippen molar-refractivity contribution in [1.29, 1.82) is 0 Å². The highest BCUT2D eigenvalue weighted by Gasteiger charge is 2.25. The van der Waals surface area contributed by atoms with E-state index in [1.54, 1.807) is 4.90 Å². The van der Waals surface area contributed by atoms with E-state index in [2.05, 4.69) is 10.3 Å². The maximum Gasteiger partial charge on any atom is 0.329 e. The van der Waals surface area contributed by atoms with Gasteiger partial charge in [0.05, 0.1) is 11.4 Å². The Kier molecular flexibility index (Phi) is 4.61. The van der Waals surface area contributed by atoms with Crippen molar-refractivity contribution in [3.8, 4) is 11.3 Å². The molecular formula is C19H17ClN4OS. The number of hydrogen-bond acceptors (Lipinski definition) is 4. The van der Waals surface area contributed by atoms with Crippen LogP contribution in [0.5, 0.6) is 0 Å². The standard InChI is InChI=1S/C19H17ClN4OS/c1-12-11-26-18(21-12)23-19(25)24-9-3-5-13-7-8-16(22-17(13)24)14-4-2-6-15(20)10-14/h2,4,6-8,10-11H,3,5,9H2,1H3,(H,21,23,25). The third-order valence-corrected chi connectivity index (χ3v) is 5.35. The second kappa shape index (κ2) is 7.05. The number of halogens is 1.